The summed E-state index contributed by atoms with van der Waals surface area (Å²) in [6, 6.07) is 0. The minimum Gasteiger partial charge on any atom is -0.298 e. The minimum atomic E-state index is -0.544. The maximum absolute atomic E-state index is 12.0. The Morgan fingerprint density at radius 3 is 1.50 bits per heavy atom. The molecule has 0 aromatic heterocycles. The highest BCUT2D eigenvalue weighted by atomic mass is 16.1. The molecule has 0 aromatic rings. The monoisotopic (exact) mass is 274 g/mol. The van der Waals surface area contributed by atoms with Crippen molar-refractivity contribution in [1.29, 1.82) is 0 Å². The maximum Gasteiger partial charge on any atom is 0.199 e. The van der Waals surface area contributed by atoms with Crippen LogP contribution in [0.5, 0.6) is 0 Å². The van der Waals surface area contributed by atoms with Crippen LogP contribution in [0.15, 0.2) is 47.6 Å². The Morgan fingerprint density at radius 1 is 0.800 bits per heavy atom. The predicted molar refractivity (Wildman–Crippen MR) is 81.4 cm³/mol. The fraction of sp³-hybridized carbons (Fsp3) is 0.353. The SMILES string of the molecule is CCCC=CC=C(C=O)C(=O)C(C=O)=CC=CCCC. The lowest BCUT2D eigenvalue weighted by Gasteiger charge is -1.97. The lowest BCUT2D eigenvalue weighted by Crippen LogP contribution is -2.08. The first-order valence-corrected chi connectivity index (χ1v) is 6.89. The van der Waals surface area contributed by atoms with Crippen LogP contribution in [0.25, 0.3) is 0 Å². The van der Waals surface area contributed by atoms with Crippen molar-refractivity contribution in [2.75, 3.05) is 0 Å². The summed E-state index contributed by atoms with van der Waals surface area (Å²) in [5, 5.41) is 0. The Labute approximate surface area is 120 Å². The Balaban J connectivity index is 4.95. The van der Waals surface area contributed by atoms with Gasteiger partial charge in [0.05, 0.1) is 11.1 Å². The first kappa shape index (κ1) is 18.0. The van der Waals surface area contributed by atoms with Crippen LogP contribution >= 0.6 is 0 Å². The third kappa shape index (κ3) is 7.41. The van der Waals surface area contributed by atoms with E-state index in [2.05, 4.69) is 0 Å². The number of carbonyl (C=O) groups is 3. The van der Waals surface area contributed by atoms with E-state index in [0.717, 1.165) is 25.7 Å². The van der Waals surface area contributed by atoms with Crippen LogP contribution in [0.1, 0.15) is 39.5 Å². The van der Waals surface area contributed by atoms with E-state index in [0.29, 0.717) is 12.6 Å². The summed E-state index contributed by atoms with van der Waals surface area (Å²) >= 11 is 0. The summed E-state index contributed by atoms with van der Waals surface area (Å²) in [7, 11) is 0. The summed E-state index contributed by atoms with van der Waals surface area (Å²) in [5.74, 6) is -0.544. The van der Waals surface area contributed by atoms with Gasteiger partial charge in [-0.05, 0) is 25.0 Å². The molecule has 108 valence electrons. The first-order chi connectivity index (χ1) is 9.71. The van der Waals surface area contributed by atoms with Crippen molar-refractivity contribution in [1.82, 2.24) is 0 Å². The molecule has 3 nitrogen and oxygen atoms in total. The van der Waals surface area contributed by atoms with Crippen molar-refractivity contribution in [3.8, 4) is 0 Å². The number of rotatable bonds is 10. The smallest absolute Gasteiger partial charge is 0.199 e. The van der Waals surface area contributed by atoms with E-state index >= 15 is 0 Å². The molecule has 3 heteroatoms. The van der Waals surface area contributed by atoms with Crippen molar-refractivity contribution in [3.05, 3.63) is 47.6 Å². The van der Waals surface area contributed by atoms with Gasteiger partial charge in [-0.2, -0.15) is 0 Å². The first-order valence-electron chi connectivity index (χ1n) is 6.89. The highest BCUT2D eigenvalue weighted by molar-refractivity contribution is 6.27. The van der Waals surface area contributed by atoms with Crippen LogP contribution in [-0.2, 0) is 14.4 Å². The van der Waals surface area contributed by atoms with Crippen molar-refractivity contribution in [2.45, 2.75) is 39.5 Å². The average molecular weight is 274 g/mol. The molecule has 0 aliphatic heterocycles. The van der Waals surface area contributed by atoms with E-state index < -0.39 is 5.78 Å². The van der Waals surface area contributed by atoms with Gasteiger partial charge in [0.1, 0.15) is 0 Å². The molecular formula is C17H22O3. The Morgan fingerprint density at radius 2 is 1.20 bits per heavy atom. The van der Waals surface area contributed by atoms with Gasteiger partial charge in [0.25, 0.3) is 0 Å². The van der Waals surface area contributed by atoms with E-state index in [4.69, 9.17) is 0 Å². The van der Waals surface area contributed by atoms with Crippen LogP contribution in [0.4, 0.5) is 0 Å². The van der Waals surface area contributed by atoms with Gasteiger partial charge >= 0.3 is 0 Å². The topological polar surface area (TPSA) is 51.2 Å². The minimum absolute atomic E-state index is 0.0143. The number of carbonyl (C=O) groups excluding carboxylic acids is 3. The molecule has 0 rings (SSSR count). The van der Waals surface area contributed by atoms with Gasteiger partial charge in [0.15, 0.2) is 18.4 Å². The molecule has 0 saturated heterocycles. The average Bonchev–Trinajstić information content (AvgIpc) is 2.47. The molecule has 0 aliphatic rings. The summed E-state index contributed by atoms with van der Waals surface area (Å²) in [6.07, 6.45) is 14.7. The molecule has 0 aromatic carbocycles. The van der Waals surface area contributed by atoms with Crippen LogP contribution in [0.2, 0.25) is 0 Å². The standard InChI is InChI=1S/C17H22O3/c1-3-5-7-9-11-15(13-18)17(20)16(14-19)12-10-8-6-4-2/h7-14H,3-6H2,1-2H3. The number of hydrogen-bond acceptors (Lipinski definition) is 3. The maximum atomic E-state index is 12.0. The normalized spacial score (nSPS) is 13.1. The van der Waals surface area contributed by atoms with Crippen molar-refractivity contribution in [2.24, 2.45) is 0 Å². The molecule has 0 unspecified atom stereocenters. The van der Waals surface area contributed by atoms with E-state index in [9.17, 15) is 14.4 Å². The molecule has 20 heavy (non-hydrogen) atoms. The van der Waals surface area contributed by atoms with E-state index in [1.165, 1.54) is 12.2 Å². The Kier molecular flexibility index (Phi) is 10.8. The molecule has 0 aliphatic carbocycles. The third-order valence-electron chi connectivity index (χ3n) is 2.51. The van der Waals surface area contributed by atoms with E-state index in [-0.39, 0.29) is 11.1 Å². The van der Waals surface area contributed by atoms with Crippen LogP contribution in [-0.4, -0.2) is 18.4 Å². The predicted octanol–water partition coefficient (Wildman–Crippen LogP) is 3.52. The Hall–Kier alpha value is -2.03. The lowest BCUT2D eigenvalue weighted by atomic mass is 10.0. The second-order valence-corrected chi connectivity index (χ2v) is 4.24. The molecule has 0 spiro atoms. The molecule has 0 atom stereocenters. The molecule has 0 saturated carbocycles. The van der Waals surface area contributed by atoms with Gasteiger partial charge in [-0.25, -0.2) is 0 Å². The summed E-state index contributed by atoms with van der Waals surface area (Å²) in [6.45, 7) is 4.07. The summed E-state index contributed by atoms with van der Waals surface area (Å²) in [4.78, 5) is 33.8. The van der Waals surface area contributed by atoms with Crippen LogP contribution in [0, 0.1) is 0 Å². The fourth-order valence-corrected chi connectivity index (χ4v) is 1.37. The van der Waals surface area contributed by atoms with Gasteiger partial charge in [-0.1, -0.05) is 51.0 Å². The number of hydrogen-bond donors (Lipinski definition) is 0. The van der Waals surface area contributed by atoms with E-state index in [1.807, 2.05) is 26.0 Å². The van der Waals surface area contributed by atoms with Crippen molar-refractivity contribution < 1.29 is 14.4 Å². The zero-order valence-electron chi connectivity index (χ0n) is 12.2. The molecule has 0 N–H and O–H groups in total. The second kappa shape index (κ2) is 12.0. The van der Waals surface area contributed by atoms with Gasteiger partial charge in [-0.3, -0.25) is 14.4 Å². The fourth-order valence-electron chi connectivity index (χ4n) is 1.37. The van der Waals surface area contributed by atoms with Crippen molar-refractivity contribution in [3.63, 3.8) is 0 Å². The number of unbranched alkanes of at least 4 members (excludes halogenated alkanes) is 2. The highest BCUT2D eigenvalue weighted by Crippen LogP contribution is 2.04. The molecule has 0 amide bonds. The van der Waals surface area contributed by atoms with Gasteiger partial charge in [0, 0.05) is 0 Å². The molecule has 0 bridgehead atoms. The third-order valence-corrected chi connectivity index (χ3v) is 2.51. The van der Waals surface area contributed by atoms with Crippen LogP contribution in [0.3, 0.4) is 0 Å². The van der Waals surface area contributed by atoms with Gasteiger partial charge in [-0.15, -0.1) is 0 Å². The zero-order chi connectivity index (χ0) is 15.2. The number of ketones is 1. The summed E-state index contributed by atoms with van der Waals surface area (Å²) < 4.78 is 0. The molecule has 0 heterocycles. The molecule has 0 fully saturated rings. The number of aldehydes is 2. The summed E-state index contributed by atoms with van der Waals surface area (Å²) in [5.41, 5.74) is -0.0285. The number of allylic oxidation sites excluding steroid dienone is 8. The van der Waals surface area contributed by atoms with Crippen LogP contribution < -0.4 is 0 Å². The number of Topliss-reactive ketones (excluding diaryl/α,β-unsaturated/α-hetero) is 1. The lowest BCUT2D eigenvalue weighted by molar-refractivity contribution is -0.116. The highest BCUT2D eigenvalue weighted by Gasteiger charge is 2.12. The van der Waals surface area contributed by atoms with E-state index in [1.54, 1.807) is 12.2 Å². The Bertz CT molecular complexity index is 397. The second-order valence-electron chi connectivity index (χ2n) is 4.24. The molecule has 0 radical (unpaired) electrons. The largest absolute Gasteiger partial charge is 0.298 e. The van der Waals surface area contributed by atoms with Gasteiger partial charge in [0.2, 0.25) is 0 Å². The van der Waals surface area contributed by atoms with Crippen molar-refractivity contribution >= 4 is 18.4 Å². The molecular weight excluding hydrogens is 252 g/mol. The van der Waals surface area contributed by atoms with Gasteiger partial charge < -0.3 is 0 Å². The zero-order valence-corrected chi connectivity index (χ0v) is 12.2. The quantitative estimate of drug-likeness (QED) is 0.201.